The van der Waals surface area contributed by atoms with E-state index >= 15 is 0 Å². The normalized spacial score (nSPS) is 13.4. The maximum atomic E-state index is 12.6. The van der Waals surface area contributed by atoms with Gasteiger partial charge in [0.15, 0.2) is 0 Å². The van der Waals surface area contributed by atoms with E-state index in [4.69, 9.17) is 5.11 Å². The molecule has 17 heavy (non-hydrogen) atoms. The Hall–Kier alpha value is -1.56. The zero-order chi connectivity index (χ0) is 13.1. The second-order valence-corrected chi connectivity index (χ2v) is 3.54. The predicted molar refractivity (Wildman–Crippen MR) is 55.6 cm³/mol. The van der Waals surface area contributed by atoms with Crippen molar-refractivity contribution in [2.75, 3.05) is 7.05 Å². The summed E-state index contributed by atoms with van der Waals surface area (Å²) in [7, 11) is 1.40. The fourth-order valence-corrected chi connectivity index (χ4v) is 1.51. The first-order chi connectivity index (χ1) is 7.86. The standard InChI is InChI=1S/C11H12F3NO2/c1-15-9(10(16)17)6-7-4-2-3-5-8(7)11(12,13)14/h2-5,9,15H,6H2,1H3,(H,16,17). The molecule has 0 fully saturated rings. The molecule has 1 aromatic carbocycles. The highest BCUT2D eigenvalue weighted by Gasteiger charge is 2.33. The first-order valence-electron chi connectivity index (χ1n) is 4.91. The van der Waals surface area contributed by atoms with E-state index in [9.17, 15) is 18.0 Å². The zero-order valence-electron chi connectivity index (χ0n) is 9.08. The fourth-order valence-electron chi connectivity index (χ4n) is 1.51. The minimum Gasteiger partial charge on any atom is -0.480 e. The molecule has 0 aromatic heterocycles. The number of carbonyl (C=O) groups is 1. The highest BCUT2D eigenvalue weighted by Crippen LogP contribution is 2.32. The van der Waals surface area contributed by atoms with Crippen molar-refractivity contribution in [3.8, 4) is 0 Å². The van der Waals surface area contributed by atoms with Crippen LogP contribution in [0.15, 0.2) is 24.3 Å². The van der Waals surface area contributed by atoms with E-state index in [1.807, 2.05) is 0 Å². The number of carboxylic acid groups (broad SMARTS) is 1. The Kier molecular flexibility index (Phi) is 4.11. The molecule has 0 bridgehead atoms. The van der Waals surface area contributed by atoms with E-state index in [1.54, 1.807) is 0 Å². The summed E-state index contributed by atoms with van der Waals surface area (Å²) in [6, 6.07) is 3.94. The SMILES string of the molecule is CNC(Cc1ccccc1C(F)(F)F)C(=O)O. The Bertz CT molecular complexity index is 404. The summed E-state index contributed by atoms with van der Waals surface area (Å²) in [5.41, 5.74) is -0.816. The molecule has 0 radical (unpaired) electrons. The molecule has 0 saturated heterocycles. The lowest BCUT2D eigenvalue weighted by atomic mass is 10.00. The van der Waals surface area contributed by atoms with Gasteiger partial charge in [-0.2, -0.15) is 13.2 Å². The number of carboxylic acids is 1. The lowest BCUT2D eigenvalue weighted by Crippen LogP contribution is -2.36. The third kappa shape index (κ3) is 3.45. The molecule has 1 atom stereocenters. The highest BCUT2D eigenvalue weighted by molar-refractivity contribution is 5.74. The molecule has 0 saturated carbocycles. The minimum absolute atomic E-state index is 0.0262. The number of halogens is 3. The summed E-state index contributed by atoms with van der Waals surface area (Å²) in [6.07, 6.45) is -4.67. The van der Waals surface area contributed by atoms with Crippen molar-refractivity contribution in [1.29, 1.82) is 0 Å². The van der Waals surface area contributed by atoms with Crippen LogP contribution in [-0.4, -0.2) is 24.2 Å². The van der Waals surface area contributed by atoms with Crippen molar-refractivity contribution in [2.45, 2.75) is 18.6 Å². The number of nitrogens with one attached hydrogen (secondary N) is 1. The monoisotopic (exact) mass is 247 g/mol. The summed E-state index contributed by atoms with van der Waals surface area (Å²) in [4.78, 5) is 10.8. The number of benzene rings is 1. The van der Waals surface area contributed by atoms with Crippen LogP contribution in [0.5, 0.6) is 0 Å². The molecule has 6 heteroatoms. The van der Waals surface area contributed by atoms with Crippen LogP contribution in [0.25, 0.3) is 0 Å². The Balaban J connectivity index is 3.02. The lowest BCUT2D eigenvalue weighted by molar-refractivity contribution is -0.141. The minimum atomic E-state index is -4.46. The van der Waals surface area contributed by atoms with Gasteiger partial charge in [-0.3, -0.25) is 4.79 Å². The van der Waals surface area contributed by atoms with E-state index in [0.717, 1.165) is 6.07 Å². The molecule has 1 rings (SSSR count). The number of hydrogen-bond donors (Lipinski definition) is 2. The average molecular weight is 247 g/mol. The van der Waals surface area contributed by atoms with Gasteiger partial charge in [-0.15, -0.1) is 0 Å². The molecule has 0 aliphatic rings. The van der Waals surface area contributed by atoms with Gasteiger partial charge in [-0.05, 0) is 25.1 Å². The summed E-state index contributed by atoms with van der Waals surface area (Å²) in [6.45, 7) is 0. The van der Waals surface area contributed by atoms with Gasteiger partial charge in [-0.1, -0.05) is 18.2 Å². The van der Waals surface area contributed by atoms with Crippen LogP contribution < -0.4 is 5.32 Å². The van der Waals surface area contributed by atoms with Crippen LogP contribution in [0, 0.1) is 0 Å². The van der Waals surface area contributed by atoms with Crippen LogP contribution in [-0.2, 0) is 17.4 Å². The van der Waals surface area contributed by atoms with Crippen molar-refractivity contribution < 1.29 is 23.1 Å². The third-order valence-electron chi connectivity index (χ3n) is 2.39. The second-order valence-electron chi connectivity index (χ2n) is 3.54. The van der Waals surface area contributed by atoms with Crippen LogP contribution in [0.3, 0.4) is 0 Å². The van der Waals surface area contributed by atoms with Gasteiger partial charge in [0.1, 0.15) is 6.04 Å². The second kappa shape index (κ2) is 5.18. The molecule has 0 heterocycles. The van der Waals surface area contributed by atoms with Crippen molar-refractivity contribution in [2.24, 2.45) is 0 Å². The summed E-state index contributed by atoms with van der Waals surface area (Å²) in [5, 5.41) is 11.2. The third-order valence-corrected chi connectivity index (χ3v) is 2.39. The van der Waals surface area contributed by atoms with Gasteiger partial charge in [0.2, 0.25) is 0 Å². The predicted octanol–water partition coefficient (Wildman–Crippen LogP) is 1.92. The first-order valence-corrected chi connectivity index (χ1v) is 4.91. The van der Waals surface area contributed by atoms with Gasteiger partial charge < -0.3 is 10.4 Å². The van der Waals surface area contributed by atoms with Gasteiger partial charge in [0, 0.05) is 0 Å². The van der Waals surface area contributed by atoms with Crippen LogP contribution >= 0.6 is 0 Å². The molecule has 1 aromatic rings. The van der Waals surface area contributed by atoms with Crippen LogP contribution in [0.4, 0.5) is 13.2 Å². The molecule has 0 amide bonds. The highest BCUT2D eigenvalue weighted by atomic mass is 19.4. The summed E-state index contributed by atoms with van der Waals surface area (Å²) < 4.78 is 37.9. The number of alkyl halides is 3. The fraction of sp³-hybridized carbons (Fsp3) is 0.364. The van der Waals surface area contributed by atoms with E-state index in [2.05, 4.69) is 5.32 Å². The van der Waals surface area contributed by atoms with Gasteiger partial charge in [-0.25, -0.2) is 0 Å². The van der Waals surface area contributed by atoms with Crippen molar-refractivity contribution >= 4 is 5.97 Å². The van der Waals surface area contributed by atoms with E-state index in [0.29, 0.717) is 0 Å². The lowest BCUT2D eigenvalue weighted by Gasteiger charge is -2.16. The number of likely N-dealkylation sites (N-methyl/N-ethyl adjacent to an activating group) is 1. The zero-order valence-corrected chi connectivity index (χ0v) is 9.08. The quantitative estimate of drug-likeness (QED) is 0.854. The Morgan fingerprint density at radius 1 is 1.41 bits per heavy atom. The summed E-state index contributed by atoms with van der Waals surface area (Å²) >= 11 is 0. The van der Waals surface area contributed by atoms with Gasteiger partial charge >= 0.3 is 12.1 Å². The van der Waals surface area contributed by atoms with E-state index in [1.165, 1.54) is 25.2 Å². The Morgan fingerprint density at radius 3 is 2.47 bits per heavy atom. The molecule has 0 spiro atoms. The van der Waals surface area contributed by atoms with E-state index in [-0.39, 0.29) is 12.0 Å². The number of hydrogen-bond acceptors (Lipinski definition) is 2. The Morgan fingerprint density at radius 2 is 2.00 bits per heavy atom. The van der Waals surface area contributed by atoms with E-state index < -0.39 is 23.8 Å². The molecule has 1 unspecified atom stereocenters. The summed E-state index contributed by atoms with van der Waals surface area (Å²) in [5.74, 6) is -1.18. The van der Waals surface area contributed by atoms with Crippen molar-refractivity contribution in [3.63, 3.8) is 0 Å². The molecular weight excluding hydrogens is 235 g/mol. The van der Waals surface area contributed by atoms with Crippen molar-refractivity contribution in [3.05, 3.63) is 35.4 Å². The van der Waals surface area contributed by atoms with Crippen LogP contribution in [0.1, 0.15) is 11.1 Å². The van der Waals surface area contributed by atoms with Gasteiger partial charge in [0.25, 0.3) is 0 Å². The topological polar surface area (TPSA) is 49.3 Å². The Labute approximate surface area is 96.3 Å². The molecule has 94 valence electrons. The smallest absolute Gasteiger partial charge is 0.416 e. The number of rotatable bonds is 4. The maximum absolute atomic E-state index is 12.6. The van der Waals surface area contributed by atoms with Crippen molar-refractivity contribution in [1.82, 2.24) is 5.32 Å². The van der Waals surface area contributed by atoms with Gasteiger partial charge in [0.05, 0.1) is 5.56 Å². The van der Waals surface area contributed by atoms with Crippen LogP contribution in [0.2, 0.25) is 0 Å². The molecule has 2 N–H and O–H groups in total. The largest absolute Gasteiger partial charge is 0.480 e. The average Bonchev–Trinajstić information content (AvgIpc) is 2.24. The molecule has 0 aliphatic carbocycles. The maximum Gasteiger partial charge on any atom is 0.416 e. The molecule has 3 nitrogen and oxygen atoms in total. The molecular formula is C11H12F3NO2. The molecule has 0 aliphatic heterocycles. The number of aliphatic carboxylic acids is 1. The first kappa shape index (κ1) is 13.5.